The average Bonchev–Trinajstić information content (AvgIpc) is 3.43. The number of carbonyl (C=O) groups is 1. The van der Waals surface area contributed by atoms with Gasteiger partial charge in [-0.25, -0.2) is 15.0 Å². The van der Waals surface area contributed by atoms with Gasteiger partial charge in [-0.15, -0.1) is 11.3 Å². The lowest BCUT2D eigenvalue weighted by Gasteiger charge is -2.32. The summed E-state index contributed by atoms with van der Waals surface area (Å²) in [5.74, 6) is -0.0469. The summed E-state index contributed by atoms with van der Waals surface area (Å²) in [6.45, 7) is 3.82. The lowest BCUT2D eigenvalue weighted by atomic mass is 10.1. The molecule has 1 fully saturated rings. The fourth-order valence-electron chi connectivity index (χ4n) is 3.51. The van der Waals surface area contributed by atoms with E-state index in [9.17, 15) is 4.79 Å². The highest BCUT2D eigenvalue weighted by Gasteiger charge is 2.19. The van der Waals surface area contributed by atoms with Gasteiger partial charge in [0.25, 0.3) is 5.91 Å². The summed E-state index contributed by atoms with van der Waals surface area (Å²) in [5.41, 5.74) is 3.15. The van der Waals surface area contributed by atoms with Crippen LogP contribution in [0.25, 0.3) is 22.0 Å². The van der Waals surface area contributed by atoms with Gasteiger partial charge in [0, 0.05) is 62.0 Å². The molecule has 1 amide bonds. The molecule has 0 atom stereocenters. The van der Waals surface area contributed by atoms with Crippen molar-refractivity contribution in [2.24, 2.45) is 7.05 Å². The first-order valence-electron chi connectivity index (χ1n) is 10.0. The second-order valence-corrected chi connectivity index (χ2v) is 8.47. The molecule has 31 heavy (non-hydrogen) atoms. The predicted octanol–water partition coefficient (Wildman–Crippen LogP) is 2.49. The first kappa shape index (κ1) is 19.6. The van der Waals surface area contributed by atoms with Crippen molar-refractivity contribution in [3.63, 3.8) is 0 Å². The number of piperazine rings is 1. The van der Waals surface area contributed by atoms with Crippen LogP contribution in [0.5, 0.6) is 0 Å². The first-order chi connectivity index (χ1) is 15.0. The number of nitrogens with one attached hydrogen (secondary N) is 1. The van der Waals surface area contributed by atoms with Crippen LogP contribution in [0.4, 0.5) is 11.1 Å². The Balaban J connectivity index is 1.33. The zero-order chi connectivity index (χ0) is 21.4. The Bertz CT molecular complexity index is 1240. The third-order valence-electron chi connectivity index (χ3n) is 5.34. The number of nitrogens with zero attached hydrogens (tertiary/aromatic N) is 7. The number of amides is 1. The van der Waals surface area contributed by atoms with Crippen molar-refractivity contribution in [3.05, 3.63) is 47.9 Å². The molecule has 10 heteroatoms. The number of fused-ring (bicyclic) bond motifs is 1. The Morgan fingerprint density at radius 2 is 1.90 bits per heavy atom. The highest BCUT2D eigenvalue weighted by Crippen LogP contribution is 2.24. The molecule has 0 saturated carbocycles. The van der Waals surface area contributed by atoms with E-state index in [4.69, 9.17) is 0 Å². The van der Waals surface area contributed by atoms with Gasteiger partial charge in [0.05, 0.1) is 11.7 Å². The molecule has 1 aliphatic rings. The Morgan fingerprint density at radius 1 is 1.06 bits per heavy atom. The van der Waals surface area contributed by atoms with Crippen LogP contribution in [-0.4, -0.2) is 68.8 Å². The quantitative estimate of drug-likeness (QED) is 0.528. The molecule has 1 saturated heterocycles. The van der Waals surface area contributed by atoms with Crippen LogP contribution in [0, 0.1) is 0 Å². The van der Waals surface area contributed by atoms with Crippen LogP contribution >= 0.6 is 11.3 Å². The summed E-state index contributed by atoms with van der Waals surface area (Å²) in [4.78, 5) is 30.5. The fraction of sp³-hybridized carbons (Fsp3) is 0.286. The standard InChI is InChI=1S/C21H22N8OS/c1-27-5-7-29(8-6-27)21-25-18(13-31-21)19(30)26-20-22-10-15-4-3-14(9-17(15)24-20)16-11-23-28(2)12-16/h3-4,9-13H,5-8H2,1-2H3,(H,22,24,26,30). The summed E-state index contributed by atoms with van der Waals surface area (Å²) < 4.78 is 1.76. The minimum atomic E-state index is -0.306. The maximum absolute atomic E-state index is 12.7. The van der Waals surface area contributed by atoms with Gasteiger partial charge in [0.15, 0.2) is 5.13 Å². The zero-order valence-electron chi connectivity index (χ0n) is 17.3. The number of anilines is 2. The van der Waals surface area contributed by atoms with Gasteiger partial charge >= 0.3 is 0 Å². The summed E-state index contributed by atoms with van der Waals surface area (Å²) >= 11 is 1.49. The summed E-state index contributed by atoms with van der Waals surface area (Å²) in [5, 5.41) is 10.6. The number of hydrogen-bond acceptors (Lipinski definition) is 8. The van der Waals surface area contributed by atoms with Crippen molar-refractivity contribution >= 4 is 39.2 Å². The normalized spacial score (nSPS) is 14.8. The maximum Gasteiger partial charge on any atom is 0.277 e. The number of aryl methyl sites for hydroxylation is 1. The van der Waals surface area contributed by atoms with E-state index < -0.39 is 0 Å². The number of carbonyl (C=O) groups excluding carboxylic acids is 1. The lowest BCUT2D eigenvalue weighted by molar-refractivity contribution is 0.102. The Morgan fingerprint density at radius 3 is 2.68 bits per heavy atom. The van der Waals surface area contributed by atoms with E-state index in [1.165, 1.54) is 11.3 Å². The summed E-state index contributed by atoms with van der Waals surface area (Å²) in [6.07, 6.45) is 5.47. The van der Waals surface area contributed by atoms with Crippen LogP contribution in [0.15, 0.2) is 42.2 Å². The third kappa shape index (κ3) is 4.12. The number of benzene rings is 1. The minimum absolute atomic E-state index is 0.259. The molecule has 0 unspecified atom stereocenters. The third-order valence-corrected chi connectivity index (χ3v) is 6.25. The van der Waals surface area contributed by atoms with Crippen molar-refractivity contribution in [1.82, 2.24) is 29.6 Å². The smallest absolute Gasteiger partial charge is 0.277 e. The topological polar surface area (TPSA) is 92.1 Å². The number of aromatic nitrogens is 5. The van der Waals surface area contributed by atoms with Crippen molar-refractivity contribution in [2.45, 2.75) is 0 Å². The number of rotatable bonds is 4. The number of hydrogen-bond donors (Lipinski definition) is 1. The van der Waals surface area contributed by atoms with Crippen LogP contribution in [0.2, 0.25) is 0 Å². The minimum Gasteiger partial charge on any atom is -0.346 e. The van der Waals surface area contributed by atoms with Crippen molar-refractivity contribution < 1.29 is 4.79 Å². The van der Waals surface area contributed by atoms with E-state index in [1.807, 2.05) is 37.6 Å². The first-order valence-corrected chi connectivity index (χ1v) is 10.9. The molecule has 4 heterocycles. The molecule has 0 bridgehead atoms. The van der Waals surface area contributed by atoms with Crippen molar-refractivity contribution in [2.75, 3.05) is 43.4 Å². The van der Waals surface area contributed by atoms with Crippen LogP contribution < -0.4 is 10.2 Å². The van der Waals surface area contributed by atoms with E-state index in [0.29, 0.717) is 5.69 Å². The fourth-order valence-corrected chi connectivity index (χ4v) is 4.37. The molecule has 1 N–H and O–H groups in total. The molecule has 158 valence electrons. The largest absolute Gasteiger partial charge is 0.346 e. The molecule has 4 aromatic rings. The van der Waals surface area contributed by atoms with E-state index in [1.54, 1.807) is 16.3 Å². The van der Waals surface area contributed by atoms with Gasteiger partial charge < -0.3 is 9.80 Å². The van der Waals surface area contributed by atoms with E-state index in [2.05, 4.69) is 42.2 Å². The van der Waals surface area contributed by atoms with Crippen LogP contribution in [0.3, 0.4) is 0 Å². The Kier molecular flexibility index (Phi) is 5.08. The SMILES string of the molecule is CN1CCN(c2nc(C(=O)Nc3ncc4ccc(-c5cnn(C)c5)cc4n3)cs2)CC1. The van der Waals surface area contributed by atoms with E-state index >= 15 is 0 Å². The van der Waals surface area contributed by atoms with E-state index in [-0.39, 0.29) is 11.9 Å². The second-order valence-electron chi connectivity index (χ2n) is 7.63. The Labute approximate surface area is 183 Å². The second kappa shape index (κ2) is 8.05. The van der Waals surface area contributed by atoms with Gasteiger partial charge in [0.2, 0.25) is 5.95 Å². The van der Waals surface area contributed by atoms with Crippen molar-refractivity contribution in [1.29, 1.82) is 0 Å². The average molecular weight is 435 g/mol. The Hall–Kier alpha value is -3.37. The molecule has 9 nitrogen and oxygen atoms in total. The van der Waals surface area contributed by atoms with Gasteiger partial charge in [0.1, 0.15) is 5.69 Å². The lowest BCUT2D eigenvalue weighted by Crippen LogP contribution is -2.44. The molecule has 0 radical (unpaired) electrons. The molecular weight excluding hydrogens is 412 g/mol. The maximum atomic E-state index is 12.7. The highest BCUT2D eigenvalue weighted by molar-refractivity contribution is 7.14. The van der Waals surface area contributed by atoms with Gasteiger partial charge in [-0.1, -0.05) is 12.1 Å². The van der Waals surface area contributed by atoms with E-state index in [0.717, 1.165) is 53.3 Å². The highest BCUT2D eigenvalue weighted by atomic mass is 32.1. The monoisotopic (exact) mass is 434 g/mol. The predicted molar refractivity (Wildman–Crippen MR) is 122 cm³/mol. The molecule has 3 aromatic heterocycles. The van der Waals surface area contributed by atoms with Gasteiger partial charge in [-0.3, -0.25) is 14.8 Å². The van der Waals surface area contributed by atoms with Crippen molar-refractivity contribution in [3.8, 4) is 11.1 Å². The molecule has 1 aromatic carbocycles. The van der Waals surface area contributed by atoms with Gasteiger partial charge in [-0.05, 0) is 18.7 Å². The number of likely N-dealkylation sites (N-methyl/N-ethyl adjacent to an activating group) is 1. The number of thiazole rings is 1. The zero-order valence-corrected chi connectivity index (χ0v) is 18.1. The van der Waals surface area contributed by atoms with Crippen LogP contribution in [-0.2, 0) is 7.05 Å². The molecule has 0 aliphatic carbocycles. The van der Waals surface area contributed by atoms with Crippen LogP contribution in [0.1, 0.15) is 10.5 Å². The molecule has 1 aliphatic heterocycles. The summed E-state index contributed by atoms with van der Waals surface area (Å²) in [7, 11) is 4.00. The summed E-state index contributed by atoms with van der Waals surface area (Å²) in [6, 6.07) is 5.94. The van der Waals surface area contributed by atoms with Gasteiger partial charge in [-0.2, -0.15) is 5.10 Å². The molecule has 0 spiro atoms. The molecular formula is C21H22N8OS. The molecule has 5 rings (SSSR count).